The van der Waals surface area contributed by atoms with Crippen LogP contribution in [0.15, 0.2) is 36.4 Å². The molecule has 0 unspecified atom stereocenters. The maximum atomic E-state index is 11.4. The molecule has 0 atom stereocenters. The molecule has 2 aromatic rings. The zero-order chi connectivity index (χ0) is 16.4. The number of rotatable bonds is 4. The molecule has 6 heteroatoms. The highest BCUT2D eigenvalue weighted by atomic mass is 16.4. The minimum atomic E-state index is -1.26. The van der Waals surface area contributed by atoms with Crippen LogP contribution in [-0.2, 0) is 0 Å². The number of benzene rings is 2. The third-order valence-corrected chi connectivity index (χ3v) is 3.19. The normalized spacial score (nSPS) is 10.2. The molecule has 2 rings (SSSR count). The molecule has 0 saturated heterocycles. The Morgan fingerprint density at radius 3 is 1.91 bits per heavy atom. The van der Waals surface area contributed by atoms with Crippen molar-refractivity contribution in [2.24, 2.45) is 0 Å². The van der Waals surface area contributed by atoms with E-state index < -0.39 is 17.9 Å². The fourth-order valence-corrected chi connectivity index (χ4v) is 2.16. The molecule has 0 aliphatic heterocycles. The summed E-state index contributed by atoms with van der Waals surface area (Å²) in [6.07, 6.45) is 0. The maximum Gasteiger partial charge on any atom is 0.336 e. The summed E-state index contributed by atoms with van der Waals surface area (Å²) >= 11 is 0. The average molecular weight is 300 g/mol. The molecule has 22 heavy (non-hydrogen) atoms. The predicted molar refractivity (Wildman–Crippen MR) is 77.5 cm³/mol. The summed E-state index contributed by atoms with van der Waals surface area (Å²) in [5.41, 5.74) is 0.578. The molecule has 0 heterocycles. The van der Waals surface area contributed by atoms with Gasteiger partial charge in [-0.25, -0.2) is 14.4 Å². The third-order valence-electron chi connectivity index (χ3n) is 3.19. The van der Waals surface area contributed by atoms with Gasteiger partial charge < -0.3 is 15.3 Å². The Bertz CT molecular complexity index is 791. The lowest BCUT2D eigenvalue weighted by molar-refractivity contribution is 0.0681. The van der Waals surface area contributed by atoms with Gasteiger partial charge in [0.15, 0.2) is 0 Å². The first kappa shape index (κ1) is 15.2. The lowest BCUT2D eigenvalue weighted by atomic mass is 9.92. The Balaban J connectivity index is 2.80. The highest BCUT2D eigenvalue weighted by Gasteiger charge is 2.19. The number of aromatic carboxylic acids is 3. The molecular weight excluding hydrogens is 288 g/mol. The highest BCUT2D eigenvalue weighted by molar-refractivity contribution is 6.03. The van der Waals surface area contributed by atoms with Gasteiger partial charge in [0.25, 0.3) is 0 Å². The zero-order valence-electron chi connectivity index (χ0n) is 11.5. The molecule has 0 radical (unpaired) electrons. The van der Waals surface area contributed by atoms with Crippen LogP contribution in [-0.4, -0.2) is 33.2 Å². The molecular formula is C16H12O6. The molecule has 0 aliphatic carbocycles. The van der Waals surface area contributed by atoms with E-state index in [4.69, 9.17) is 5.11 Å². The zero-order valence-corrected chi connectivity index (χ0v) is 11.5. The standard InChI is InChI=1S/C16H12O6/c1-8-2-4-10(13(6-8)16(21)22)12-7-9(14(17)18)3-5-11(12)15(19)20/h2-7H,1H3,(H,17,18)(H,19,20)(H,21,22). The minimum absolute atomic E-state index is 0.0600. The fraction of sp³-hybridized carbons (Fsp3) is 0.0625. The fourth-order valence-electron chi connectivity index (χ4n) is 2.16. The van der Waals surface area contributed by atoms with E-state index in [9.17, 15) is 24.6 Å². The molecule has 0 bridgehead atoms. The maximum absolute atomic E-state index is 11.4. The predicted octanol–water partition coefficient (Wildman–Crippen LogP) is 2.76. The van der Waals surface area contributed by atoms with Crippen molar-refractivity contribution in [3.05, 3.63) is 58.7 Å². The van der Waals surface area contributed by atoms with E-state index >= 15 is 0 Å². The number of carboxylic acids is 3. The molecule has 0 spiro atoms. The highest BCUT2D eigenvalue weighted by Crippen LogP contribution is 2.29. The SMILES string of the molecule is Cc1ccc(-c2cc(C(=O)O)ccc2C(=O)O)c(C(=O)O)c1. The first-order chi connectivity index (χ1) is 10.3. The summed E-state index contributed by atoms with van der Waals surface area (Å²) in [4.78, 5) is 33.8. The summed E-state index contributed by atoms with van der Waals surface area (Å²) in [5, 5.41) is 27.6. The summed E-state index contributed by atoms with van der Waals surface area (Å²) in [6, 6.07) is 8.03. The van der Waals surface area contributed by atoms with Crippen molar-refractivity contribution in [3.63, 3.8) is 0 Å². The summed E-state index contributed by atoms with van der Waals surface area (Å²) in [7, 11) is 0. The number of carbonyl (C=O) groups is 3. The van der Waals surface area contributed by atoms with Gasteiger partial charge in [0.2, 0.25) is 0 Å². The minimum Gasteiger partial charge on any atom is -0.478 e. The summed E-state index contributed by atoms with van der Waals surface area (Å²) < 4.78 is 0. The van der Waals surface area contributed by atoms with E-state index in [1.54, 1.807) is 13.0 Å². The molecule has 0 fully saturated rings. The first-order valence-corrected chi connectivity index (χ1v) is 6.26. The van der Waals surface area contributed by atoms with Gasteiger partial charge in [-0.05, 0) is 42.3 Å². The van der Waals surface area contributed by atoms with Crippen LogP contribution in [0.25, 0.3) is 11.1 Å². The topological polar surface area (TPSA) is 112 Å². The van der Waals surface area contributed by atoms with E-state index in [1.807, 2.05) is 0 Å². The second-order valence-corrected chi connectivity index (χ2v) is 4.72. The van der Waals surface area contributed by atoms with E-state index in [-0.39, 0.29) is 27.8 Å². The van der Waals surface area contributed by atoms with Crippen molar-refractivity contribution in [1.29, 1.82) is 0 Å². The number of aryl methyl sites for hydroxylation is 1. The lowest BCUT2D eigenvalue weighted by Crippen LogP contribution is -2.06. The summed E-state index contributed by atoms with van der Waals surface area (Å²) in [5.74, 6) is -3.69. The number of carboxylic acid groups (broad SMARTS) is 3. The van der Waals surface area contributed by atoms with Crippen LogP contribution in [0.5, 0.6) is 0 Å². The van der Waals surface area contributed by atoms with Gasteiger partial charge in [0, 0.05) is 0 Å². The van der Waals surface area contributed by atoms with Gasteiger partial charge >= 0.3 is 17.9 Å². The van der Waals surface area contributed by atoms with Crippen molar-refractivity contribution >= 4 is 17.9 Å². The van der Waals surface area contributed by atoms with E-state index in [1.165, 1.54) is 24.3 Å². The van der Waals surface area contributed by atoms with Crippen molar-refractivity contribution < 1.29 is 29.7 Å². The van der Waals surface area contributed by atoms with Crippen molar-refractivity contribution in [2.45, 2.75) is 6.92 Å². The van der Waals surface area contributed by atoms with Gasteiger partial charge in [0.1, 0.15) is 0 Å². The Labute approximate surface area is 125 Å². The number of hydrogen-bond acceptors (Lipinski definition) is 3. The molecule has 3 N–H and O–H groups in total. The Morgan fingerprint density at radius 2 is 1.36 bits per heavy atom. The molecule has 0 aromatic heterocycles. The van der Waals surface area contributed by atoms with E-state index in [2.05, 4.69) is 0 Å². The van der Waals surface area contributed by atoms with Crippen LogP contribution in [0.1, 0.15) is 36.6 Å². The molecule has 2 aromatic carbocycles. The molecule has 0 amide bonds. The van der Waals surface area contributed by atoms with Crippen LogP contribution in [0.3, 0.4) is 0 Å². The van der Waals surface area contributed by atoms with Crippen molar-refractivity contribution in [1.82, 2.24) is 0 Å². The third kappa shape index (κ3) is 2.80. The van der Waals surface area contributed by atoms with Gasteiger partial charge in [-0.1, -0.05) is 17.7 Å². The van der Waals surface area contributed by atoms with Crippen LogP contribution in [0, 0.1) is 6.92 Å². The molecule has 112 valence electrons. The Hall–Kier alpha value is -3.15. The van der Waals surface area contributed by atoms with Crippen LogP contribution >= 0.6 is 0 Å². The second-order valence-electron chi connectivity index (χ2n) is 4.72. The van der Waals surface area contributed by atoms with Crippen molar-refractivity contribution in [2.75, 3.05) is 0 Å². The van der Waals surface area contributed by atoms with Gasteiger partial charge in [0.05, 0.1) is 16.7 Å². The Morgan fingerprint density at radius 1 is 0.727 bits per heavy atom. The molecule has 0 saturated carbocycles. The summed E-state index contributed by atoms with van der Waals surface area (Å²) in [6.45, 7) is 1.71. The second kappa shape index (κ2) is 5.69. The average Bonchev–Trinajstić information content (AvgIpc) is 2.46. The molecule has 6 nitrogen and oxygen atoms in total. The smallest absolute Gasteiger partial charge is 0.336 e. The van der Waals surface area contributed by atoms with Gasteiger partial charge in [-0.15, -0.1) is 0 Å². The molecule has 0 aliphatic rings. The van der Waals surface area contributed by atoms with E-state index in [0.29, 0.717) is 5.56 Å². The van der Waals surface area contributed by atoms with Crippen LogP contribution in [0.2, 0.25) is 0 Å². The van der Waals surface area contributed by atoms with Crippen LogP contribution < -0.4 is 0 Å². The van der Waals surface area contributed by atoms with Gasteiger partial charge in [-0.2, -0.15) is 0 Å². The van der Waals surface area contributed by atoms with E-state index in [0.717, 1.165) is 6.07 Å². The Kier molecular flexibility index (Phi) is 3.94. The largest absolute Gasteiger partial charge is 0.478 e. The number of hydrogen-bond donors (Lipinski definition) is 3. The first-order valence-electron chi connectivity index (χ1n) is 6.26. The van der Waals surface area contributed by atoms with Gasteiger partial charge in [-0.3, -0.25) is 0 Å². The van der Waals surface area contributed by atoms with Crippen molar-refractivity contribution in [3.8, 4) is 11.1 Å². The quantitative estimate of drug-likeness (QED) is 0.800. The van der Waals surface area contributed by atoms with Crippen LogP contribution in [0.4, 0.5) is 0 Å². The lowest BCUT2D eigenvalue weighted by Gasteiger charge is -2.11. The monoisotopic (exact) mass is 300 g/mol.